The van der Waals surface area contributed by atoms with E-state index in [0.717, 1.165) is 5.56 Å². The van der Waals surface area contributed by atoms with Crippen LogP contribution in [-0.2, 0) is 0 Å². The average molecular weight is 350 g/mol. The van der Waals surface area contributed by atoms with Gasteiger partial charge in [-0.1, -0.05) is 17.7 Å². The molecule has 1 heterocycles. The van der Waals surface area contributed by atoms with Gasteiger partial charge in [0.15, 0.2) is 5.76 Å². The number of amides is 2. The van der Waals surface area contributed by atoms with Crippen LogP contribution in [0, 0.1) is 6.92 Å². The highest BCUT2D eigenvalue weighted by molar-refractivity contribution is 6.05. The van der Waals surface area contributed by atoms with Crippen molar-refractivity contribution in [3.63, 3.8) is 0 Å². The Bertz CT molecular complexity index is 933. The maximum absolute atomic E-state index is 12.3. The van der Waals surface area contributed by atoms with E-state index in [2.05, 4.69) is 10.6 Å². The number of hydrogen-bond donors (Lipinski definition) is 2. The number of rotatable bonds is 5. The summed E-state index contributed by atoms with van der Waals surface area (Å²) < 4.78 is 10.4. The number of aryl methyl sites for hydroxylation is 1. The third-order valence-corrected chi connectivity index (χ3v) is 3.73. The topological polar surface area (TPSA) is 80.6 Å². The van der Waals surface area contributed by atoms with Gasteiger partial charge in [0.2, 0.25) is 0 Å². The first-order valence-corrected chi connectivity index (χ1v) is 7.98. The van der Waals surface area contributed by atoms with E-state index in [0.29, 0.717) is 22.7 Å². The van der Waals surface area contributed by atoms with Gasteiger partial charge in [-0.2, -0.15) is 0 Å². The van der Waals surface area contributed by atoms with Crippen LogP contribution in [-0.4, -0.2) is 18.9 Å². The van der Waals surface area contributed by atoms with Gasteiger partial charge < -0.3 is 19.8 Å². The molecule has 2 N–H and O–H groups in total. The molecule has 6 nitrogen and oxygen atoms in total. The van der Waals surface area contributed by atoms with Crippen LogP contribution in [0.4, 0.5) is 11.4 Å². The molecule has 0 unspecified atom stereocenters. The molecule has 0 bridgehead atoms. The van der Waals surface area contributed by atoms with E-state index in [4.69, 9.17) is 9.15 Å². The minimum absolute atomic E-state index is 0.198. The van der Waals surface area contributed by atoms with Gasteiger partial charge >= 0.3 is 0 Å². The van der Waals surface area contributed by atoms with Crippen molar-refractivity contribution >= 4 is 23.2 Å². The molecule has 26 heavy (non-hydrogen) atoms. The Balaban J connectivity index is 1.76. The lowest BCUT2D eigenvalue weighted by atomic mass is 10.1. The lowest BCUT2D eigenvalue weighted by Gasteiger charge is -2.12. The molecule has 0 saturated heterocycles. The van der Waals surface area contributed by atoms with E-state index in [1.807, 2.05) is 25.1 Å². The SMILES string of the molecule is COc1cc(NC(=O)c2cccc(C)c2)ccc1NC(=O)c1ccco1. The molecular weight excluding hydrogens is 332 g/mol. The van der Waals surface area contributed by atoms with Gasteiger partial charge in [0.1, 0.15) is 5.75 Å². The van der Waals surface area contributed by atoms with Crippen LogP contribution in [0.15, 0.2) is 65.3 Å². The highest BCUT2D eigenvalue weighted by Crippen LogP contribution is 2.28. The minimum Gasteiger partial charge on any atom is -0.494 e. The molecule has 2 aromatic carbocycles. The number of carbonyl (C=O) groups is 2. The number of furan rings is 1. The monoisotopic (exact) mass is 350 g/mol. The number of ether oxygens (including phenoxy) is 1. The van der Waals surface area contributed by atoms with Crippen LogP contribution in [0.5, 0.6) is 5.75 Å². The molecule has 0 atom stereocenters. The van der Waals surface area contributed by atoms with Crippen LogP contribution < -0.4 is 15.4 Å². The van der Waals surface area contributed by atoms with Crippen LogP contribution in [0.25, 0.3) is 0 Å². The van der Waals surface area contributed by atoms with Crippen molar-refractivity contribution in [2.45, 2.75) is 6.92 Å². The molecule has 0 aliphatic rings. The molecule has 6 heteroatoms. The van der Waals surface area contributed by atoms with Crippen LogP contribution >= 0.6 is 0 Å². The number of hydrogen-bond acceptors (Lipinski definition) is 4. The zero-order valence-electron chi connectivity index (χ0n) is 14.4. The van der Waals surface area contributed by atoms with E-state index in [9.17, 15) is 9.59 Å². The Morgan fingerprint density at radius 1 is 0.962 bits per heavy atom. The second-order valence-electron chi connectivity index (χ2n) is 5.67. The predicted molar refractivity (Wildman–Crippen MR) is 98.8 cm³/mol. The van der Waals surface area contributed by atoms with Gasteiger partial charge in [-0.25, -0.2) is 0 Å². The van der Waals surface area contributed by atoms with E-state index in [1.54, 1.807) is 36.4 Å². The second-order valence-corrected chi connectivity index (χ2v) is 5.67. The molecule has 0 saturated carbocycles. The van der Waals surface area contributed by atoms with Gasteiger partial charge in [0, 0.05) is 17.3 Å². The fourth-order valence-electron chi connectivity index (χ4n) is 2.45. The van der Waals surface area contributed by atoms with E-state index < -0.39 is 0 Å². The molecule has 3 aromatic rings. The Kier molecular flexibility index (Phi) is 5.03. The van der Waals surface area contributed by atoms with Crippen molar-refractivity contribution in [2.75, 3.05) is 17.7 Å². The highest BCUT2D eigenvalue weighted by atomic mass is 16.5. The van der Waals surface area contributed by atoms with Crippen LogP contribution in [0.1, 0.15) is 26.5 Å². The number of methoxy groups -OCH3 is 1. The summed E-state index contributed by atoms with van der Waals surface area (Å²) in [4.78, 5) is 24.4. The summed E-state index contributed by atoms with van der Waals surface area (Å²) >= 11 is 0. The largest absolute Gasteiger partial charge is 0.494 e. The summed E-state index contributed by atoms with van der Waals surface area (Å²) in [6, 6.07) is 15.5. The third-order valence-electron chi connectivity index (χ3n) is 3.73. The van der Waals surface area contributed by atoms with Crippen molar-refractivity contribution in [3.8, 4) is 5.75 Å². The Morgan fingerprint density at radius 2 is 1.81 bits per heavy atom. The van der Waals surface area contributed by atoms with Crippen LogP contribution in [0.2, 0.25) is 0 Å². The normalized spacial score (nSPS) is 10.2. The van der Waals surface area contributed by atoms with E-state index in [-0.39, 0.29) is 17.6 Å². The molecule has 132 valence electrons. The molecule has 0 aliphatic carbocycles. The average Bonchev–Trinajstić information content (AvgIpc) is 3.17. The van der Waals surface area contributed by atoms with Crippen molar-refractivity contribution in [2.24, 2.45) is 0 Å². The maximum atomic E-state index is 12.3. The number of anilines is 2. The smallest absolute Gasteiger partial charge is 0.291 e. The van der Waals surface area contributed by atoms with Gasteiger partial charge in [-0.05, 0) is 43.3 Å². The lowest BCUT2D eigenvalue weighted by molar-refractivity contribution is 0.0994. The van der Waals surface area contributed by atoms with Gasteiger partial charge in [-0.3, -0.25) is 9.59 Å². The highest BCUT2D eigenvalue weighted by Gasteiger charge is 2.13. The fourth-order valence-corrected chi connectivity index (χ4v) is 2.45. The standard InChI is InChI=1S/C20H18N2O4/c1-13-5-3-6-14(11-13)19(23)21-15-8-9-16(18(12-15)25-2)22-20(24)17-7-4-10-26-17/h3-12H,1-2H3,(H,21,23)(H,22,24). The quantitative estimate of drug-likeness (QED) is 0.726. The molecule has 1 aromatic heterocycles. The van der Waals surface area contributed by atoms with Crippen molar-refractivity contribution in [1.82, 2.24) is 0 Å². The molecule has 0 fully saturated rings. The summed E-state index contributed by atoms with van der Waals surface area (Å²) in [7, 11) is 1.49. The summed E-state index contributed by atoms with van der Waals surface area (Å²) in [5.41, 5.74) is 2.61. The van der Waals surface area contributed by atoms with Crippen LogP contribution in [0.3, 0.4) is 0 Å². The molecule has 0 aliphatic heterocycles. The minimum atomic E-state index is -0.384. The second kappa shape index (κ2) is 7.57. The number of carbonyl (C=O) groups excluding carboxylic acids is 2. The fraction of sp³-hybridized carbons (Fsp3) is 0.100. The molecule has 3 rings (SSSR count). The first kappa shape index (κ1) is 17.3. The van der Waals surface area contributed by atoms with Crippen molar-refractivity contribution < 1.29 is 18.7 Å². The van der Waals surface area contributed by atoms with Gasteiger partial charge in [-0.15, -0.1) is 0 Å². The Labute approximate surface area is 150 Å². The van der Waals surface area contributed by atoms with Gasteiger partial charge in [0.05, 0.1) is 19.1 Å². The summed E-state index contributed by atoms with van der Waals surface area (Å²) in [6.45, 7) is 1.93. The molecule has 2 amide bonds. The predicted octanol–water partition coefficient (Wildman–Crippen LogP) is 4.10. The van der Waals surface area contributed by atoms with Crippen molar-refractivity contribution in [3.05, 3.63) is 77.7 Å². The zero-order valence-corrected chi connectivity index (χ0v) is 14.4. The first-order chi connectivity index (χ1) is 12.6. The maximum Gasteiger partial charge on any atom is 0.291 e. The lowest BCUT2D eigenvalue weighted by Crippen LogP contribution is -2.14. The first-order valence-electron chi connectivity index (χ1n) is 7.98. The van der Waals surface area contributed by atoms with Crippen molar-refractivity contribution in [1.29, 1.82) is 0 Å². The molecular formula is C20H18N2O4. The summed E-state index contributed by atoms with van der Waals surface area (Å²) in [5.74, 6) is 0.0174. The summed E-state index contributed by atoms with van der Waals surface area (Å²) in [6.07, 6.45) is 1.43. The molecule has 0 radical (unpaired) electrons. The molecule has 0 spiro atoms. The number of nitrogens with one attached hydrogen (secondary N) is 2. The third kappa shape index (κ3) is 3.92. The van der Waals surface area contributed by atoms with E-state index >= 15 is 0 Å². The van der Waals surface area contributed by atoms with Gasteiger partial charge in [0.25, 0.3) is 11.8 Å². The Hall–Kier alpha value is -3.54. The number of benzene rings is 2. The zero-order chi connectivity index (χ0) is 18.5. The summed E-state index contributed by atoms with van der Waals surface area (Å²) in [5, 5.41) is 5.53. The van der Waals surface area contributed by atoms with E-state index in [1.165, 1.54) is 13.4 Å². The Morgan fingerprint density at radius 3 is 2.50 bits per heavy atom.